The summed E-state index contributed by atoms with van der Waals surface area (Å²) in [4.78, 5) is 18.7. The predicted molar refractivity (Wildman–Crippen MR) is 84.0 cm³/mol. The molecule has 0 fully saturated rings. The minimum atomic E-state index is -0.109. The lowest BCUT2D eigenvalue weighted by Gasteiger charge is -2.07. The SMILES string of the molecule is CCCn1c(-c2ccc(=O)[nH]c2)nc2cc(CN)ccc21. The minimum absolute atomic E-state index is 0.109. The molecule has 0 atom stereocenters. The summed E-state index contributed by atoms with van der Waals surface area (Å²) < 4.78 is 2.18. The summed E-state index contributed by atoms with van der Waals surface area (Å²) in [6.45, 7) is 3.52. The highest BCUT2D eigenvalue weighted by Gasteiger charge is 2.12. The monoisotopic (exact) mass is 282 g/mol. The van der Waals surface area contributed by atoms with Crippen molar-refractivity contribution in [2.75, 3.05) is 0 Å². The van der Waals surface area contributed by atoms with Gasteiger partial charge in [0.05, 0.1) is 11.0 Å². The van der Waals surface area contributed by atoms with E-state index in [-0.39, 0.29) is 5.56 Å². The van der Waals surface area contributed by atoms with Crippen molar-refractivity contribution in [3.05, 3.63) is 52.4 Å². The Morgan fingerprint density at radius 1 is 1.29 bits per heavy atom. The molecule has 1 aromatic carbocycles. The summed E-state index contributed by atoms with van der Waals surface area (Å²) in [6, 6.07) is 9.45. The fourth-order valence-corrected chi connectivity index (χ4v) is 2.52. The quantitative estimate of drug-likeness (QED) is 0.770. The van der Waals surface area contributed by atoms with Gasteiger partial charge in [-0.2, -0.15) is 0 Å². The standard InChI is InChI=1S/C16H18N4O/c1-2-7-20-14-5-3-11(9-17)8-13(14)19-16(20)12-4-6-15(21)18-10-12/h3-6,8,10H,2,7,9,17H2,1H3,(H,18,21). The molecular formula is C16H18N4O. The van der Waals surface area contributed by atoms with Crippen molar-refractivity contribution in [1.82, 2.24) is 14.5 Å². The van der Waals surface area contributed by atoms with Crippen molar-refractivity contribution in [2.45, 2.75) is 26.4 Å². The summed E-state index contributed by atoms with van der Waals surface area (Å²) in [7, 11) is 0. The molecule has 108 valence electrons. The number of aromatic nitrogens is 3. The zero-order chi connectivity index (χ0) is 14.8. The van der Waals surface area contributed by atoms with E-state index in [2.05, 4.69) is 22.5 Å². The Balaban J connectivity index is 2.22. The molecular weight excluding hydrogens is 264 g/mol. The number of nitrogens with two attached hydrogens (primary N) is 1. The highest BCUT2D eigenvalue weighted by molar-refractivity contribution is 5.81. The number of nitrogens with zero attached hydrogens (tertiary/aromatic N) is 2. The van der Waals surface area contributed by atoms with Crippen LogP contribution in [0.25, 0.3) is 22.4 Å². The highest BCUT2D eigenvalue weighted by atomic mass is 16.1. The van der Waals surface area contributed by atoms with E-state index in [0.29, 0.717) is 6.54 Å². The molecule has 5 nitrogen and oxygen atoms in total. The van der Waals surface area contributed by atoms with Crippen LogP contribution < -0.4 is 11.3 Å². The number of pyridine rings is 1. The Bertz CT molecular complexity index is 811. The summed E-state index contributed by atoms with van der Waals surface area (Å²) in [5.74, 6) is 0.872. The first-order valence-electron chi connectivity index (χ1n) is 7.11. The van der Waals surface area contributed by atoms with Gasteiger partial charge in [-0.3, -0.25) is 4.79 Å². The van der Waals surface area contributed by atoms with Crippen LogP contribution in [-0.2, 0) is 13.1 Å². The lowest BCUT2D eigenvalue weighted by molar-refractivity contribution is 0.704. The summed E-state index contributed by atoms with van der Waals surface area (Å²) in [5.41, 5.74) is 9.60. The first kappa shape index (κ1) is 13.6. The molecule has 2 aromatic heterocycles. The lowest BCUT2D eigenvalue weighted by Crippen LogP contribution is -2.04. The maximum absolute atomic E-state index is 11.2. The van der Waals surface area contributed by atoms with E-state index in [1.165, 1.54) is 6.07 Å². The summed E-state index contributed by atoms with van der Waals surface area (Å²) in [5, 5.41) is 0. The van der Waals surface area contributed by atoms with Crippen LogP contribution in [0.1, 0.15) is 18.9 Å². The molecule has 3 rings (SSSR count). The number of benzene rings is 1. The summed E-state index contributed by atoms with van der Waals surface area (Å²) >= 11 is 0. The minimum Gasteiger partial charge on any atom is -0.328 e. The van der Waals surface area contributed by atoms with Crippen molar-refractivity contribution in [2.24, 2.45) is 5.73 Å². The Kier molecular flexibility index (Phi) is 3.58. The molecule has 0 aliphatic carbocycles. The molecule has 0 radical (unpaired) electrons. The summed E-state index contributed by atoms with van der Waals surface area (Å²) in [6.07, 6.45) is 2.72. The first-order valence-corrected chi connectivity index (χ1v) is 7.11. The zero-order valence-electron chi connectivity index (χ0n) is 12.0. The molecule has 0 spiro atoms. The lowest BCUT2D eigenvalue weighted by atomic mass is 10.2. The fraction of sp³-hybridized carbons (Fsp3) is 0.250. The van der Waals surface area contributed by atoms with Crippen molar-refractivity contribution in [1.29, 1.82) is 0 Å². The topological polar surface area (TPSA) is 76.7 Å². The molecule has 5 heteroatoms. The maximum atomic E-state index is 11.2. The van der Waals surface area contributed by atoms with Crippen molar-refractivity contribution in [3.63, 3.8) is 0 Å². The normalized spacial score (nSPS) is 11.1. The molecule has 3 aromatic rings. The van der Waals surface area contributed by atoms with E-state index < -0.39 is 0 Å². The average Bonchev–Trinajstić information content (AvgIpc) is 2.86. The van der Waals surface area contributed by atoms with Gasteiger partial charge >= 0.3 is 0 Å². The Labute approximate surface area is 122 Å². The third kappa shape index (κ3) is 2.48. The largest absolute Gasteiger partial charge is 0.328 e. The fourth-order valence-electron chi connectivity index (χ4n) is 2.52. The van der Waals surface area contributed by atoms with Crippen molar-refractivity contribution < 1.29 is 0 Å². The number of aryl methyl sites for hydroxylation is 1. The highest BCUT2D eigenvalue weighted by Crippen LogP contribution is 2.25. The number of aromatic amines is 1. The van der Waals surface area contributed by atoms with Gasteiger partial charge in [0.2, 0.25) is 5.56 Å². The number of imidazole rings is 1. The smallest absolute Gasteiger partial charge is 0.247 e. The third-order valence-electron chi connectivity index (χ3n) is 3.54. The molecule has 0 aliphatic heterocycles. The Morgan fingerprint density at radius 3 is 2.81 bits per heavy atom. The van der Waals surface area contributed by atoms with Gasteiger partial charge < -0.3 is 15.3 Å². The number of fused-ring (bicyclic) bond motifs is 1. The van der Waals surface area contributed by atoms with Crippen LogP contribution in [0.3, 0.4) is 0 Å². The van der Waals surface area contributed by atoms with E-state index in [1.54, 1.807) is 12.3 Å². The number of hydrogen-bond donors (Lipinski definition) is 2. The van der Waals surface area contributed by atoms with Crippen molar-refractivity contribution >= 4 is 11.0 Å². The van der Waals surface area contributed by atoms with Crippen LogP contribution in [-0.4, -0.2) is 14.5 Å². The van der Waals surface area contributed by atoms with Crippen LogP contribution in [0.4, 0.5) is 0 Å². The second-order valence-corrected chi connectivity index (χ2v) is 5.06. The molecule has 3 N–H and O–H groups in total. The van der Waals surface area contributed by atoms with Gasteiger partial charge in [-0.1, -0.05) is 13.0 Å². The Morgan fingerprint density at radius 2 is 2.14 bits per heavy atom. The Hall–Kier alpha value is -2.40. The van der Waals surface area contributed by atoms with E-state index in [1.807, 2.05) is 12.1 Å². The molecule has 0 aliphatic rings. The number of H-pyrrole nitrogens is 1. The number of hydrogen-bond acceptors (Lipinski definition) is 3. The second kappa shape index (κ2) is 5.54. The van der Waals surface area contributed by atoms with Crippen LogP contribution in [0, 0.1) is 0 Å². The van der Waals surface area contributed by atoms with Crippen LogP contribution in [0.15, 0.2) is 41.3 Å². The average molecular weight is 282 g/mol. The molecule has 2 heterocycles. The van der Waals surface area contributed by atoms with E-state index in [9.17, 15) is 4.79 Å². The van der Waals surface area contributed by atoms with Gasteiger partial charge in [-0.25, -0.2) is 4.98 Å². The zero-order valence-corrected chi connectivity index (χ0v) is 12.0. The van der Waals surface area contributed by atoms with Gasteiger partial charge in [0, 0.05) is 30.9 Å². The molecule has 0 unspecified atom stereocenters. The van der Waals surface area contributed by atoms with Crippen LogP contribution in [0.2, 0.25) is 0 Å². The van der Waals surface area contributed by atoms with Gasteiger partial charge in [0.15, 0.2) is 0 Å². The predicted octanol–water partition coefficient (Wildman–Crippen LogP) is 2.26. The number of nitrogens with one attached hydrogen (secondary N) is 1. The van der Waals surface area contributed by atoms with Gasteiger partial charge in [0.25, 0.3) is 0 Å². The molecule has 0 saturated carbocycles. The third-order valence-corrected chi connectivity index (χ3v) is 3.54. The van der Waals surface area contributed by atoms with E-state index >= 15 is 0 Å². The van der Waals surface area contributed by atoms with Gasteiger partial charge in [-0.15, -0.1) is 0 Å². The number of rotatable bonds is 4. The maximum Gasteiger partial charge on any atom is 0.247 e. The first-order chi connectivity index (χ1) is 10.2. The van der Waals surface area contributed by atoms with E-state index in [0.717, 1.165) is 41.0 Å². The van der Waals surface area contributed by atoms with Crippen molar-refractivity contribution in [3.8, 4) is 11.4 Å². The van der Waals surface area contributed by atoms with Gasteiger partial charge in [0.1, 0.15) is 5.82 Å². The van der Waals surface area contributed by atoms with Crippen LogP contribution >= 0.6 is 0 Å². The van der Waals surface area contributed by atoms with Crippen LogP contribution in [0.5, 0.6) is 0 Å². The van der Waals surface area contributed by atoms with E-state index in [4.69, 9.17) is 10.7 Å². The van der Waals surface area contributed by atoms with Gasteiger partial charge in [-0.05, 0) is 30.2 Å². The molecule has 0 saturated heterocycles. The molecule has 21 heavy (non-hydrogen) atoms. The molecule has 0 amide bonds. The molecule has 0 bridgehead atoms. The second-order valence-electron chi connectivity index (χ2n) is 5.06.